The monoisotopic (exact) mass is 253 g/mol. The van der Waals surface area contributed by atoms with E-state index in [2.05, 4.69) is 4.74 Å². The molecule has 1 heterocycles. The molecule has 0 saturated carbocycles. The van der Waals surface area contributed by atoms with Crippen molar-refractivity contribution in [2.75, 3.05) is 13.7 Å². The number of rotatable bonds is 2. The van der Waals surface area contributed by atoms with Crippen LogP contribution in [0.2, 0.25) is 0 Å². The van der Waals surface area contributed by atoms with Gasteiger partial charge in [-0.1, -0.05) is 12.1 Å². The molecule has 1 aromatic rings. The first kappa shape index (κ1) is 11.8. The second kappa shape index (κ2) is 3.97. The zero-order chi connectivity index (χ0) is 12.6. The lowest BCUT2D eigenvalue weighted by atomic mass is 10.0. The van der Waals surface area contributed by atoms with Gasteiger partial charge in [-0.05, 0) is 17.2 Å². The van der Waals surface area contributed by atoms with Crippen LogP contribution in [0, 0.1) is 0 Å². The van der Waals surface area contributed by atoms with Crippen molar-refractivity contribution in [1.29, 1.82) is 0 Å². The lowest BCUT2D eigenvalue weighted by molar-refractivity contribution is 0.0596. The summed E-state index contributed by atoms with van der Waals surface area (Å²) in [5.41, 5.74) is 6.51. The van der Waals surface area contributed by atoms with E-state index in [1.54, 1.807) is 12.1 Å². The molecule has 1 aliphatic heterocycles. The summed E-state index contributed by atoms with van der Waals surface area (Å²) in [5.74, 6) is -0.669. The van der Waals surface area contributed by atoms with Crippen molar-refractivity contribution in [3.05, 3.63) is 34.7 Å². The second-order valence-electron chi connectivity index (χ2n) is 3.57. The molecule has 0 spiro atoms. The topological polar surface area (TPSA) is 86.5 Å². The van der Waals surface area contributed by atoms with Crippen molar-refractivity contribution >= 4 is 21.4 Å². The van der Waals surface area contributed by atoms with Gasteiger partial charge in [0.1, 0.15) is 0 Å². The number of carbonyl (C=O) groups is 1. The van der Waals surface area contributed by atoms with Crippen LogP contribution < -0.4 is 5.73 Å². The molecule has 90 valence electrons. The van der Waals surface area contributed by atoms with Gasteiger partial charge in [-0.25, -0.2) is 13.2 Å². The molecule has 17 heavy (non-hydrogen) atoms. The van der Waals surface area contributed by atoms with E-state index in [4.69, 9.17) is 5.73 Å². The fourth-order valence-electron chi connectivity index (χ4n) is 1.83. The molecule has 0 bridgehead atoms. The van der Waals surface area contributed by atoms with E-state index in [-0.39, 0.29) is 17.0 Å². The number of carbonyl (C=O) groups excluding carboxylic acids is 1. The number of methoxy groups -OCH3 is 1. The number of hydrogen-bond acceptors (Lipinski definition) is 5. The summed E-state index contributed by atoms with van der Waals surface area (Å²) in [6.45, 7) is 0.108. The molecule has 0 aliphatic carbocycles. The first-order valence-electron chi connectivity index (χ1n) is 4.88. The Balaban J connectivity index is 2.75. The Labute approximate surface area is 98.8 Å². The molecule has 1 aromatic carbocycles. The lowest BCUT2D eigenvalue weighted by Gasteiger charge is -2.06. The molecule has 0 aromatic heterocycles. The van der Waals surface area contributed by atoms with Crippen molar-refractivity contribution in [1.82, 2.24) is 0 Å². The Bertz CT molecular complexity index is 616. The number of fused-ring (bicyclic) bond motifs is 1. The second-order valence-corrected chi connectivity index (χ2v) is 5.30. The number of nitrogens with two attached hydrogens (primary N) is 1. The summed E-state index contributed by atoms with van der Waals surface area (Å²) in [7, 11) is -2.39. The normalized spacial score (nSPS) is 16.2. The van der Waals surface area contributed by atoms with Gasteiger partial charge in [0.2, 0.25) is 9.84 Å². The van der Waals surface area contributed by atoms with Gasteiger partial charge >= 0.3 is 5.97 Å². The Morgan fingerprint density at radius 1 is 1.41 bits per heavy atom. The van der Waals surface area contributed by atoms with Crippen LogP contribution in [0.5, 0.6) is 0 Å². The van der Waals surface area contributed by atoms with Crippen LogP contribution in [-0.2, 0) is 14.6 Å². The van der Waals surface area contributed by atoms with Crippen LogP contribution >= 0.6 is 0 Å². The standard InChI is InChI=1S/C11H11NO4S/c1-16-11(13)9-4-2-3-8-7(5-12)6-17(14,15)10(8)9/h2-4,6H,5,12H2,1H3. The highest BCUT2D eigenvalue weighted by Gasteiger charge is 2.31. The molecule has 6 heteroatoms. The van der Waals surface area contributed by atoms with E-state index in [0.29, 0.717) is 11.1 Å². The van der Waals surface area contributed by atoms with Crippen LogP contribution in [0.25, 0.3) is 5.57 Å². The average molecular weight is 253 g/mol. The highest BCUT2D eigenvalue weighted by Crippen LogP contribution is 2.35. The van der Waals surface area contributed by atoms with Crippen molar-refractivity contribution in [3.8, 4) is 0 Å². The van der Waals surface area contributed by atoms with Gasteiger partial charge < -0.3 is 10.5 Å². The molecule has 1 aliphatic rings. The predicted molar refractivity (Wildman–Crippen MR) is 62.0 cm³/mol. The van der Waals surface area contributed by atoms with Crippen LogP contribution in [-0.4, -0.2) is 28.0 Å². The van der Waals surface area contributed by atoms with E-state index in [1.807, 2.05) is 0 Å². The zero-order valence-corrected chi connectivity index (χ0v) is 9.95. The third kappa shape index (κ3) is 1.75. The minimum Gasteiger partial charge on any atom is -0.465 e. The number of esters is 1. The highest BCUT2D eigenvalue weighted by atomic mass is 32.2. The largest absolute Gasteiger partial charge is 0.465 e. The SMILES string of the molecule is COC(=O)c1cccc2c1S(=O)(=O)C=C2CN. The van der Waals surface area contributed by atoms with E-state index in [0.717, 1.165) is 5.41 Å². The minimum absolute atomic E-state index is 0.00713. The van der Waals surface area contributed by atoms with Gasteiger partial charge in [0.15, 0.2) is 0 Å². The van der Waals surface area contributed by atoms with Gasteiger partial charge in [0, 0.05) is 12.0 Å². The summed E-state index contributed by atoms with van der Waals surface area (Å²) in [4.78, 5) is 11.5. The fraction of sp³-hybridized carbons (Fsp3) is 0.182. The smallest absolute Gasteiger partial charge is 0.339 e. The molecule has 2 rings (SSSR count). The Kier molecular flexibility index (Phi) is 2.76. The van der Waals surface area contributed by atoms with Gasteiger partial charge in [-0.3, -0.25) is 0 Å². The quantitative estimate of drug-likeness (QED) is 0.778. The molecule has 0 atom stereocenters. The third-order valence-electron chi connectivity index (χ3n) is 2.57. The predicted octanol–water partition coefficient (Wildman–Crippen LogP) is 0.560. The first-order chi connectivity index (χ1) is 8.01. The maximum Gasteiger partial charge on any atom is 0.339 e. The molecule has 0 amide bonds. The van der Waals surface area contributed by atoms with Crippen molar-refractivity contribution in [2.24, 2.45) is 5.73 Å². The summed E-state index contributed by atoms with van der Waals surface area (Å²) < 4.78 is 28.4. The van der Waals surface area contributed by atoms with E-state index in [9.17, 15) is 13.2 Å². The molecular formula is C11H11NO4S. The summed E-state index contributed by atoms with van der Waals surface area (Å²) >= 11 is 0. The maximum atomic E-state index is 11.9. The third-order valence-corrected chi connectivity index (χ3v) is 4.17. The zero-order valence-electron chi connectivity index (χ0n) is 9.14. The van der Waals surface area contributed by atoms with Crippen LogP contribution in [0.4, 0.5) is 0 Å². The van der Waals surface area contributed by atoms with E-state index >= 15 is 0 Å². The number of sulfone groups is 1. The van der Waals surface area contributed by atoms with Crippen molar-refractivity contribution in [3.63, 3.8) is 0 Å². The van der Waals surface area contributed by atoms with Crippen LogP contribution in [0.15, 0.2) is 28.5 Å². The Morgan fingerprint density at radius 2 is 2.12 bits per heavy atom. The average Bonchev–Trinajstić information content (AvgIpc) is 2.60. The minimum atomic E-state index is -3.60. The van der Waals surface area contributed by atoms with Crippen molar-refractivity contribution in [2.45, 2.75) is 4.90 Å². The van der Waals surface area contributed by atoms with Crippen molar-refractivity contribution < 1.29 is 17.9 Å². The lowest BCUT2D eigenvalue weighted by Crippen LogP contribution is -2.09. The number of ether oxygens (including phenoxy) is 1. The first-order valence-corrected chi connectivity index (χ1v) is 6.43. The van der Waals surface area contributed by atoms with Gasteiger partial charge in [0.25, 0.3) is 0 Å². The van der Waals surface area contributed by atoms with Crippen LogP contribution in [0.3, 0.4) is 0 Å². The van der Waals surface area contributed by atoms with Gasteiger partial charge in [0.05, 0.1) is 17.6 Å². The molecule has 0 radical (unpaired) electrons. The molecule has 0 fully saturated rings. The molecule has 0 saturated heterocycles. The summed E-state index contributed by atoms with van der Waals surface area (Å²) in [6, 6.07) is 4.66. The number of hydrogen-bond donors (Lipinski definition) is 1. The van der Waals surface area contributed by atoms with Crippen LogP contribution in [0.1, 0.15) is 15.9 Å². The molecule has 0 unspecified atom stereocenters. The van der Waals surface area contributed by atoms with E-state index in [1.165, 1.54) is 13.2 Å². The molecular weight excluding hydrogens is 242 g/mol. The maximum absolute atomic E-state index is 11.9. The highest BCUT2D eigenvalue weighted by molar-refractivity contribution is 7.95. The summed E-state index contributed by atoms with van der Waals surface area (Å²) in [6.07, 6.45) is 0. The fourth-order valence-corrected chi connectivity index (χ4v) is 3.51. The Morgan fingerprint density at radius 3 is 2.71 bits per heavy atom. The molecule has 5 nitrogen and oxygen atoms in total. The molecule has 2 N–H and O–H groups in total. The van der Waals surface area contributed by atoms with Gasteiger partial charge in [-0.15, -0.1) is 0 Å². The van der Waals surface area contributed by atoms with Gasteiger partial charge in [-0.2, -0.15) is 0 Å². The number of benzene rings is 1. The Hall–Kier alpha value is -1.66. The summed E-state index contributed by atoms with van der Waals surface area (Å²) in [5, 5.41) is 1.10. The van der Waals surface area contributed by atoms with E-state index < -0.39 is 15.8 Å².